The second kappa shape index (κ2) is 16.1. The molecular formula is C26H37N9O3. The first kappa shape index (κ1) is 28.7. The average molecular weight is 524 g/mol. The van der Waals surface area contributed by atoms with Gasteiger partial charge in [0.05, 0.1) is 45.1 Å². The molecule has 0 unspecified atom stereocenters. The lowest BCUT2D eigenvalue weighted by atomic mass is 10.1. The highest BCUT2D eigenvalue weighted by molar-refractivity contribution is 5.78. The molecule has 0 aliphatic rings. The minimum absolute atomic E-state index is 0.0702. The number of pyridine rings is 1. The third-order valence-electron chi connectivity index (χ3n) is 4.98. The summed E-state index contributed by atoms with van der Waals surface area (Å²) in [7, 11) is 0. The minimum atomic E-state index is -0.0702. The molecular weight excluding hydrogens is 486 g/mol. The van der Waals surface area contributed by atoms with Crippen molar-refractivity contribution in [1.29, 1.82) is 0 Å². The molecule has 6 N–H and O–H groups in total. The Morgan fingerprint density at radius 2 is 1.66 bits per heavy atom. The molecule has 0 saturated carbocycles. The van der Waals surface area contributed by atoms with E-state index in [1.54, 1.807) is 6.20 Å². The molecule has 0 fully saturated rings. The maximum absolute atomic E-state index is 12.2. The zero-order valence-electron chi connectivity index (χ0n) is 21.9. The van der Waals surface area contributed by atoms with Gasteiger partial charge in [-0.1, -0.05) is 18.2 Å². The molecule has 0 radical (unpaired) electrons. The second-order valence-corrected chi connectivity index (χ2v) is 8.64. The molecule has 3 rings (SSSR count). The van der Waals surface area contributed by atoms with Crippen LogP contribution in [0.15, 0.2) is 48.7 Å². The van der Waals surface area contributed by atoms with E-state index in [1.165, 1.54) is 0 Å². The molecule has 0 spiro atoms. The Morgan fingerprint density at radius 1 is 0.921 bits per heavy atom. The van der Waals surface area contributed by atoms with Crippen molar-refractivity contribution < 1.29 is 14.3 Å². The fourth-order valence-electron chi connectivity index (χ4n) is 3.26. The normalized spacial score (nSPS) is 10.8. The van der Waals surface area contributed by atoms with Crippen molar-refractivity contribution in [2.75, 3.05) is 55.5 Å². The number of benzene rings is 1. The first-order valence-corrected chi connectivity index (χ1v) is 12.7. The lowest BCUT2D eigenvalue weighted by Crippen LogP contribution is -2.29. The van der Waals surface area contributed by atoms with Crippen LogP contribution in [0.25, 0.3) is 0 Å². The zero-order valence-corrected chi connectivity index (χ0v) is 21.9. The predicted molar refractivity (Wildman–Crippen MR) is 147 cm³/mol. The fourth-order valence-corrected chi connectivity index (χ4v) is 3.26. The average Bonchev–Trinajstić information content (AvgIpc) is 2.90. The van der Waals surface area contributed by atoms with Gasteiger partial charge in [-0.3, -0.25) is 9.78 Å². The van der Waals surface area contributed by atoms with Crippen LogP contribution in [0.4, 0.5) is 23.5 Å². The van der Waals surface area contributed by atoms with Crippen LogP contribution >= 0.6 is 0 Å². The summed E-state index contributed by atoms with van der Waals surface area (Å²) in [6.07, 6.45) is 2.02. The quantitative estimate of drug-likeness (QED) is 0.165. The SMILES string of the molecule is CC(C)Nc1nc(NCc2ccccn2)nc(Nc2ccc(CC(=O)NCCOCCOCCN)cc2)n1. The Kier molecular flexibility index (Phi) is 12.1. The largest absolute Gasteiger partial charge is 0.378 e. The second-order valence-electron chi connectivity index (χ2n) is 8.64. The molecule has 0 aliphatic carbocycles. The lowest BCUT2D eigenvalue weighted by molar-refractivity contribution is -0.120. The minimum Gasteiger partial charge on any atom is -0.378 e. The van der Waals surface area contributed by atoms with E-state index < -0.39 is 0 Å². The molecule has 0 atom stereocenters. The van der Waals surface area contributed by atoms with E-state index in [0.717, 1.165) is 16.9 Å². The third-order valence-corrected chi connectivity index (χ3v) is 4.98. The number of carbonyl (C=O) groups excluding carboxylic acids is 1. The van der Waals surface area contributed by atoms with Gasteiger partial charge in [0.25, 0.3) is 0 Å². The van der Waals surface area contributed by atoms with Gasteiger partial charge in [-0.2, -0.15) is 15.0 Å². The van der Waals surface area contributed by atoms with Gasteiger partial charge in [-0.15, -0.1) is 0 Å². The van der Waals surface area contributed by atoms with Gasteiger partial charge in [0, 0.05) is 31.0 Å². The number of nitrogens with zero attached hydrogens (tertiary/aromatic N) is 4. The summed E-state index contributed by atoms with van der Waals surface area (Å²) in [5.74, 6) is 1.21. The van der Waals surface area contributed by atoms with E-state index in [1.807, 2.05) is 56.3 Å². The van der Waals surface area contributed by atoms with Crippen molar-refractivity contribution in [1.82, 2.24) is 25.3 Å². The van der Waals surface area contributed by atoms with Gasteiger partial charge in [0.15, 0.2) is 0 Å². The smallest absolute Gasteiger partial charge is 0.233 e. The summed E-state index contributed by atoms with van der Waals surface area (Å²) in [5, 5.41) is 12.5. The number of aromatic nitrogens is 4. The Hall–Kier alpha value is -3.87. The first-order valence-electron chi connectivity index (χ1n) is 12.7. The molecule has 12 nitrogen and oxygen atoms in total. The maximum Gasteiger partial charge on any atom is 0.233 e. The number of nitrogens with one attached hydrogen (secondary N) is 4. The molecule has 2 aromatic heterocycles. The summed E-state index contributed by atoms with van der Waals surface area (Å²) < 4.78 is 10.6. The monoisotopic (exact) mass is 523 g/mol. The Labute approximate surface area is 223 Å². The van der Waals surface area contributed by atoms with Crippen molar-refractivity contribution >= 4 is 29.4 Å². The Morgan fingerprint density at radius 3 is 2.37 bits per heavy atom. The van der Waals surface area contributed by atoms with E-state index in [2.05, 4.69) is 41.2 Å². The highest BCUT2D eigenvalue weighted by Crippen LogP contribution is 2.17. The Bertz CT molecular complexity index is 1100. The summed E-state index contributed by atoms with van der Waals surface area (Å²) in [4.78, 5) is 30.0. The summed E-state index contributed by atoms with van der Waals surface area (Å²) in [6, 6.07) is 13.4. The molecule has 204 valence electrons. The number of carbonyl (C=O) groups is 1. The number of rotatable bonds is 17. The van der Waals surface area contributed by atoms with Crippen molar-refractivity contribution in [2.24, 2.45) is 5.73 Å². The van der Waals surface area contributed by atoms with Gasteiger partial charge in [0.2, 0.25) is 23.8 Å². The van der Waals surface area contributed by atoms with Gasteiger partial charge in [0.1, 0.15) is 0 Å². The molecule has 0 bridgehead atoms. The molecule has 1 aromatic carbocycles. The van der Waals surface area contributed by atoms with E-state index in [4.69, 9.17) is 15.2 Å². The van der Waals surface area contributed by atoms with E-state index in [0.29, 0.717) is 63.9 Å². The number of nitrogens with two attached hydrogens (primary N) is 1. The van der Waals surface area contributed by atoms with Crippen LogP contribution in [0.3, 0.4) is 0 Å². The van der Waals surface area contributed by atoms with Crippen molar-refractivity contribution in [3.8, 4) is 0 Å². The van der Waals surface area contributed by atoms with Crippen LogP contribution in [0.5, 0.6) is 0 Å². The predicted octanol–water partition coefficient (Wildman–Crippen LogP) is 2.09. The van der Waals surface area contributed by atoms with Crippen LogP contribution < -0.4 is 27.0 Å². The van der Waals surface area contributed by atoms with Crippen LogP contribution in [0, 0.1) is 0 Å². The summed E-state index contributed by atoms with van der Waals surface area (Å²) >= 11 is 0. The molecule has 38 heavy (non-hydrogen) atoms. The van der Waals surface area contributed by atoms with Crippen LogP contribution in [-0.2, 0) is 27.2 Å². The molecule has 0 aliphatic heterocycles. The zero-order chi connectivity index (χ0) is 27.0. The van der Waals surface area contributed by atoms with Gasteiger partial charge in [-0.25, -0.2) is 0 Å². The van der Waals surface area contributed by atoms with Gasteiger partial charge in [-0.05, 0) is 43.7 Å². The molecule has 1 amide bonds. The van der Waals surface area contributed by atoms with E-state index in [9.17, 15) is 4.79 Å². The van der Waals surface area contributed by atoms with Gasteiger partial charge < -0.3 is 36.5 Å². The van der Waals surface area contributed by atoms with Crippen LogP contribution in [-0.4, -0.2) is 71.4 Å². The summed E-state index contributed by atoms with van der Waals surface area (Å²) in [5.41, 5.74) is 7.90. The van der Waals surface area contributed by atoms with E-state index >= 15 is 0 Å². The van der Waals surface area contributed by atoms with E-state index in [-0.39, 0.29) is 18.4 Å². The maximum atomic E-state index is 12.2. The topological polar surface area (TPSA) is 161 Å². The lowest BCUT2D eigenvalue weighted by Gasteiger charge is -2.13. The fraction of sp³-hybridized carbons (Fsp3) is 0.423. The highest BCUT2D eigenvalue weighted by Gasteiger charge is 2.09. The third kappa shape index (κ3) is 11.0. The Balaban J connectivity index is 1.50. The van der Waals surface area contributed by atoms with Crippen molar-refractivity contribution in [2.45, 2.75) is 32.9 Å². The molecule has 2 heterocycles. The number of hydrogen-bond acceptors (Lipinski definition) is 11. The van der Waals surface area contributed by atoms with Crippen molar-refractivity contribution in [3.63, 3.8) is 0 Å². The molecule has 12 heteroatoms. The number of ether oxygens (including phenoxy) is 2. The van der Waals surface area contributed by atoms with Gasteiger partial charge >= 0.3 is 0 Å². The first-order chi connectivity index (χ1) is 18.5. The molecule has 0 saturated heterocycles. The number of hydrogen-bond donors (Lipinski definition) is 5. The van der Waals surface area contributed by atoms with Crippen LogP contribution in [0.1, 0.15) is 25.1 Å². The summed E-state index contributed by atoms with van der Waals surface area (Å²) in [6.45, 7) is 7.36. The standard InChI is InChI=1S/C26H37N9O3/c1-19(2)31-25-33-24(30-18-22-5-3-4-11-28-22)34-26(35-25)32-21-8-6-20(7-9-21)17-23(36)29-12-14-38-16-15-37-13-10-27/h3-9,11,19H,10,12-18,27H2,1-2H3,(H,29,36)(H3,30,31,32,33,34,35). The van der Waals surface area contributed by atoms with Crippen LogP contribution in [0.2, 0.25) is 0 Å². The van der Waals surface area contributed by atoms with Crippen molar-refractivity contribution in [3.05, 3.63) is 59.9 Å². The highest BCUT2D eigenvalue weighted by atomic mass is 16.5. The number of anilines is 4. The molecule has 3 aromatic rings. The number of amides is 1.